The van der Waals surface area contributed by atoms with Crippen molar-refractivity contribution in [2.24, 2.45) is 0 Å². The van der Waals surface area contributed by atoms with E-state index in [4.69, 9.17) is 11.5 Å². The molecule has 0 fully saturated rings. The zero-order valence-corrected chi connectivity index (χ0v) is 10.6. The van der Waals surface area contributed by atoms with Crippen molar-refractivity contribution in [3.8, 4) is 0 Å². The number of rotatable bonds is 4. The summed E-state index contributed by atoms with van der Waals surface area (Å²) in [6.07, 6.45) is 2.96. The lowest BCUT2D eigenvalue weighted by molar-refractivity contribution is 1.09. The van der Waals surface area contributed by atoms with E-state index in [1.165, 1.54) is 4.88 Å². The van der Waals surface area contributed by atoms with Gasteiger partial charge >= 0.3 is 0 Å². The van der Waals surface area contributed by atoms with E-state index in [1.54, 1.807) is 17.4 Å². The van der Waals surface area contributed by atoms with Crippen molar-refractivity contribution in [2.45, 2.75) is 19.9 Å². The van der Waals surface area contributed by atoms with Crippen LogP contribution in [0.4, 0.5) is 17.1 Å². The summed E-state index contributed by atoms with van der Waals surface area (Å²) in [4.78, 5) is 5.65. The number of nitrogens with one attached hydrogen (secondary N) is 1. The summed E-state index contributed by atoms with van der Waals surface area (Å²) in [5, 5.41) is 4.36. The molecule has 17 heavy (non-hydrogen) atoms. The molecule has 5 N–H and O–H groups in total. The normalized spacial score (nSPS) is 10.4. The Morgan fingerprint density at radius 1 is 1.29 bits per heavy atom. The van der Waals surface area contributed by atoms with Crippen LogP contribution in [0.3, 0.4) is 0 Å². The number of benzene rings is 1. The van der Waals surface area contributed by atoms with E-state index in [2.05, 4.69) is 17.2 Å². The van der Waals surface area contributed by atoms with Crippen molar-refractivity contribution in [3.05, 3.63) is 34.3 Å². The Morgan fingerprint density at radius 3 is 2.76 bits per heavy atom. The molecule has 0 amide bonds. The molecule has 0 aliphatic heterocycles. The van der Waals surface area contributed by atoms with E-state index in [1.807, 2.05) is 18.3 Å². The van der Waals surface area contributed by atoms with Crippen LogP contribution in [0.25, 0.3) is 0 Å². The van der Waals surface area contributed by atoms with Crippen molar-refractivity contribution in [1.29, 1.82) is 0 Å². The van der Waals surface area contributed by atoms with Gasteiger partial charge in [-0.15, -0.1) is 11.3 Å². The van der Waals surface area contributed by atoms with E-state index < -0.39 is 0 Å². The lowest BCUT2D eigenvalue weighted by Crippen LogP contribution is -2.01. The summed E-state index contributed by atoms with van der Waals surface area (Å²) in [5.74, 6) is 0. The topological polar surface area (TPSA) is 77.0 Å². The molecular weight excluding hydrogens is 232 g/mol. The molecule has 0 bridgehead atoms. The van der Waals surface area contributed by atoms with E-state index >= 15 is 0 Å². The fourth-order valence-electron chi connectivity index (χ4n) is 1.46. The molecule has 0 unspecified atom stereocenters. The third-order valence-corrected chi connectivity index (χ3v) is 3.62. The van der Waals surface area contributed by atoms with Gasteiger partial charge in [0.25, 0.3) is 0 Å². The monoisotopic (exact) mass is 248 g/mol. The highest BCUT2D eigenvalue weighted by atomic mass is 32.1. The maximum atomic E-state index is 5.74. The van der Waals surface area contributed by atoms with Gasteiger partial charge < -0.3 is 16.8 Å². The van der Waals surface area contributed by atoms with Crippen molar-refractivity contribution >= 4 is 28.4 Å². The molecule has 1 aromatic heterocycles. The molecule has 0 spiro atoms. The number of anilines is 3. The number of nitrogens with zero attached hydrogens (tertiary/aromatic N) is 1. The second-order valence-electron chi connectivity index (χ2n) is 3.77. The molecule has 0 radical (unpaired) electrons. The highest BCUT2D eigenvalue weighted by molar-refractivity contribution is 7.11. The smallest absolute Gasteiger partial charge is 0.112 e. The molecule has 5 heteroatoms. The van der Waals surface area contributed by atoms with Crippen LogP contribution in [0, 0.1) is 0 Å². The van der Waals surface area contributed by atoms with Crippen LogP contribution in [-0.4, -0.2) is 4.98 Å². The van der Waals surface area contributed by atoms with Gasteiger partial charge in [-0.3, -0.25) is 0 Å². The summed E-state index contributed by atoms with van der Waals surface area (Å²) in [6.45, 7) is 2.85. The first kappa shape index (κ1) is 11.7. The van der Waals surface area contributed by atoms with Gasteiger partial charge in [0.1, 0.15) is 5.01 Å². The van der Waals surface area contributed by atoms with Crippen molar-refractivity contribution in [1.82, 2.24) is 4.98 Å². The summed E-state index contributed by atoms with van der Waals surface area (Å²) >= 11 is 1.73. The fraction of sp³-hybridized carbons (Fsp3) is 0.250. The maximum absolute atomic E-state index is 5.74. The zero-order chi connectivity index (χ0) is 12.3. The van der Waals surface area contributed by atoms with Crippen LogP contribution >= 0.6 is 11.3 Å². The Labute approximate surface area is 105 Å². The predicted molar refractivity (Wildman–Crippen MR) is 74.1 cm³/mol. The third kappa shape index (κ3) is 2.88. The summed E-state index contributed by atoms with van der Waals surface area (Å²) < 4.78 is 0. The van der Waals surface area contributed by atoms with Crippen molar-refractivity contribution in [3.63, 3.8) is 0 Å². The van der Waals surface area contributed by atoms with Crippen LogP contribution in [0.2, 0.25) is 0 Å². The van der Waals surface area contributed by atoms with Gasteiger partial charge in [0.15, 0.2) is 0 Å². The molecule has 90 valence electrons. The maximum Gasteiger partial charge on any atom is 0.112 e. The standard InChI is InChI=1S/C12H16N4S/c1-2-9-6-16-12(17-9)7-15-8-3-4-10(13)11(14)5-8/h3-6,15H,2,7,13-14H2,1H3. The van der Waals surface area contributed by atoms with Crippen LogP contribution < -0.4 is 16.8 Å². The van der Waals surface area contributed by atoms with Gasteiger partial charge in [0.05, 0.1) is 17.9 Å². The number of aryl methyl sites for hydroxylation is 1. The molecule has 0 aliphatic carbocycles. The lowest BCUT2D eigenvalue weighted by Gasteiger charge is -2.06. The molecular formula is C12H16N4S. The molecule has 1 aromatic carbocycles. The largest absolute Gasteiger partial charge is 0.397 e. The van der Waals surface area contributed by atoms with Crippen LogP contribution in [0.1, 0.15) is 16.8 Å². The predicted octanol–water partition coefficient (Wildman–Crippen LogP) is 2.48. The first-order chi connectivity index (χ1) is 8.19. The molecule has 0 saturated heterocycles. The van der Waals surface area contributed by atoms with Gasteiger partial charge in [-0.2, -0.15) is 0 Å². The minimum Gasteiger partial charge on any atom is -0.397 e. The highest BCUT2D eigenvalue weighted by Crippen LogP contribution is 2.21. The number of aromatic nitrogens is 1. The molecule has 2 rings (SSSR count). The second-order valence-corrected chi connectivity index (χ2v) is 4.97. The SMILES string of the molecule is CCc1cnc(CNc2ccc(N)c(N)c2)s1. The quantitative estimate of drug-likeness (QED) is 0.726. The number of hydrogen-bond acceptors (Lipinski definition) is 5. The Bertz CT molecular complexity index is 507. The van der Waals surface area contributed by atoms with E-state index in [9.17, 15) is 0 Å². The highest BCUT2D eigenvalue weighted by Gasteiger charge is 2.01. The average molecular weight is 248 g/mol. The lowest BCUT2D eigenvalue weighted by atomic mass is 10.2. The Hall–Kier alpha value is -1.75. The molecule has 1 heterocycles. The number of hydrogen-bond donors (Lipinski definition) is 3. The molecule has 2 aromatic rings. The first-order valence-electron chi connectivity index (χ1n) is 5.51. The van der Waals surface area contributed by atoms with Crippen molar-refractivity contribution in [2.75, 3.05) is 16.8 Å². The van der Waals surface area contributed by atoms with Crippen LogP contribution in [0.5, 0.6) is 0 Å². The Kier molecular flexibility index (Phi) is 3.49. The van der Waals surface area contributed by atoms with Gasteiger partial charge in [0, 0.05) is 16.8 Å². The average Bonchev–Trinajstić information content (AvgIpc) is 2.79. The van der Waals surface area contributed by atoms with E-state index in [0.717, 1.165) is 17.1 Å². The van der Waals surface area contributed by atoms with E-state index in [-0.39, 0.29) is 0 Å². The van der Waals surface area contributed by atoms with E-state index in [0.29, 0.717) is 17.9 Å². The van der Waals surface area contributed by atoms with Gasteiger partial charge in [-0.1, -0.05) is 6.92 Å². The Morgan fingerprint density at radius 2 is 2.12 bits per heavy atom. The fourth-order valence-corrected chi connectivity index (χ4v) is 2.26. The number of nitrogen functional groups attached to an aromatic ring is 2. The minimum atomic E-state index is 0.600. The first-order valence-corrected chi connectivity index (χ1v) is 6.33. The molecule has 0 atom stereocenters. The Balaban J connectivity index is 1.99. The number of thiazole rings is 1. The van der Waals surface area contributed by atoms with Gasteiger partial charge in [0.2, 0.25) is 0 Å². The van der Waals surface area contributed by atoms with Crippen LogP contribution in [-0.2, 0) is 13.0 Å². The second kappa shape index (κ2) is 5.05. The zero-order valence-electron chi connectivity index (χ0n) is 9.73. The van der Waals surface area contributed by atoms with Crippen molar-refractivity contribution < 1.29 is 0 Å². The van der Waals surface area contributed by atoms with Gasteiger partial charge in [-0.25, -0.2) is 4.98 Å². The molecule has 4 nitrogen and oxygen atoms in total. The molecule has 0 aliphatic rings. The summed E-state index contributed by atoms with van der Waals surface area (Å²) in [7, 11) is 0. The van der Waals surface area contributed by atoms with Gasteiger partial charge in [-0.05, 0) is 24.6 Å². The summed E-state index contributed by atoms with van der Waals surface area (Å²) in [6, 6.07) is 5.56. The molecule has 0 saturated carbocycles. The minimum absolute atomic E-state index is 0.600. The summed E-state index contributed by atoms with van der Waals surface area (Å²) in [5.41, 5.74) is 13.6. The number of nitrogens with two attached hydrogens (primary N) is 2. The van der Waals surface area contributed by atoms with Crippen LogP contribution in [0.15, 0.2) is 24.4 Å². The third-order valence-electron chi connectivity index (χ3n) is 2.48.